The van der Waals surface area contributed by atoms with Crippen molar-refractivity contribution < 1.29 is 8.42 Å². The van der Waals surface area contributed by atoms with E-state index in [9.17, 15) is 8.42 Å². The number of benzene rings is 1. The minimum Gasteiger partial charge on any atom is -0.212 e. The van der Waals surface area contributed by atoms with Crippen LogP contribution in [0.3, 0.4) is 0 Å². The molecule has 0 saturated carbocycles. The van der Waals surface area contributed by atoms with E-state index in [-0.39, 0.29) is 17.6 Å². The van der Waals surface area contributed by atoms with Gasteiger partial charge in [-0.2, -0.15) is 5.26 Å². The molecule has 1 rings (SSSR count). The average molecular weight is 308 g/mol. The summed E-state index contributed by atoms with van der Waals surface area (Å²) in [5, 5.41) is 9.09. The van der Waals surface area contributed by atoms with Crippen molar-refractivity contribution in [2.45, 2.75) is 33.4 Å². The normalized spacial score (nSPS) is 12.1. The quantitative estimate of drug-likeness (QED) is 0.778. The molecule has 1 aromatic carbocycles. The molecule has 0 heterocycles. The summed E-state index contributed by atoms with van der Waals surface area (Å²) in [6, 6.07) is 8.93. The van der Waals surface area contributed by atoms with E-state index in [1.54, 1.807) is 28.6 Å². The Kier molecular flexibility index (Phi) is 6.38. The summed E-state index contributed by atoms with van der Waals surface area (Å²) in [5.41, 5.74) is 0.993. The van der Waals surface area contributed by atoms with Crippen molar-refractivity contribution in [3.8, 4) is 6.07 Å². The van der Waals surface area contributed by atoms with Gasteiger partial charge >= 0.3 is 0 Å². The monoisotopic (exact) mass is 308 g/mol. The van der Waals surface area contributed by atoms with Crippen LogP contribution in [0.2, 0.25) is 0 Å². The average Bonchev–Trinajstić information content (AvgIpc) is 2.37. The van der Waals surface area contributed by atoms with Gasteiger partial charge in [-0.3, -0.25) is 0 Å². The first-order chi connectivity index (χ1) is 9.76. The smallest absolute Gasteiger partial charge is 0.212 e. The fourth-order valence-electron chi connectivity index (χ4n) is 2.16. The van der Waals surface area contributed by atoms with Crippen molar-refractivity contribution in [1.29, 1.82) is 5.26 Å². The van der Waals surface area contributed by atoms with Crippen LogP contribution in [0.1, 0.15) is 38.8 Å². The molecule has 0 bridgehead atoms. The fourth-order valence-corrected chi connectivity index (χ4v) is 4.04. The molecule has 0 amide bonds. The third-order valence-corrected chi connectivity index (χ3v) is 4.77. The Labute approximate surface area is 128 Å². The zero-order valence-corrected chi connectivity index (χ0v) is 14.0. The van der Waals surface area contributed by atoms with Crippen LogP contribution in [0.15, 0.2) is 24.3 Å². The first kappa shape index (κ1) is 17.7. The van der Waals surface area contributed by atoms with Crippen LogP contribution in [0.4, 0.5) is 0 Å². The van der Waals surface area contributed by atoms with Gasteiger partial charge < -0.3 is 0 Å². The Morgan fingerprint density at radius 3 is 2.10 bits per heavy atom. The number of hydrogen-bond donors (Lipinski definition) is 0. The van der Waals surface area contributed by atoms with Gasteiger partial charge in [-0.25, -0.2) is 12.7 Å². The second-order valence-electron chi connectivity index (χ2n) is 6.13. The number of hydrogen-bond acceptors (Lipinski definition) is 3. The molecule has 1 aromatic rings. The lowest BCUT2D eigenvalue weighted by Gasteiger charge is -2.25. The largest absolute Gasteiger partial charge is 0.218 e. The maximum atomic E-state index is 12.7. The van der Waals surface area contributed by atoms with Crippen molar-refractivity contribution in [2.75, 3.05) is 13.1 Å². The Balaban J connectivity index is 3.03. The molecule has 0 aliphatic rings. The van der Waals surface area contributed by atoms with E-state index in [0.717, 1.165) is 0 Å². The topological polar surface area (TPSA) is 61.2 Å². The SMILES string of the molecule is CC(C)CN(CC(C)C)S(=O)(=O)Cc1ccccc1C#N. The summed E-state index contributed by atoms with van der Waals surface area (Å²) in [6.07, 6.45) is 0. The molecular weight excluding hydrogens is 284 g/mol. The van der Waals surface area contributed by atoms with Crippen LogP contribution < -0.4 is 0 Å². The predicted octanol–water partition coefficient (Wildman–Crippen LogP) is 3.00. The van der Waals surface area contributed by atoms with E-state index in [2.05, 4.69) is 6.07 Å². The number of sulfonamides is 1. The van der Waals surface area contributed by atoms with Crippen molar-refractivity contribution in [3.63, 3.8) is 0 Å². The molecule has 0 spiro atoms. The van der Waals surface area contributed by atoms with Gasteiger partial charge in [0, 0.05) is 13.1 Å². The van der Waals surface area contributed by atoms with Gasteiger partial charge in [-0.1, -0.05) is 45.9 Å². The van der Waals surface area contributed by atoms with Crippen molar-refractivity contribution in [1.82, 2.24) is 4.31 Å². The van der Waals surface area contributed by atoms with E-state index in [0.29, 0.717) is 24.2 Å². The lowest BCUT2D eigenvalue weighted by atomic mass is 10.1. The van der Waals surface area contributed by atoms with Crippen molar-refractivity contribution >= 4 is 10.0 Å². The van der Waals surface area contributed by atoms with Gasteiger partial charge in [0.15, 0.2) is 0 Å². The van der Waals surface area contributed by atoms with Crippen LogP contribution in [-0.2, 0) is 15.8 Å². The molecule has 0 unspecified atom stereocenters. The maximum Gasteiger partial charge on any atom is 0.218 e. The molecule has 0 atom stereocenters. The Morgan fingerprint density at radius 1 is 1.10 bits per heavy atom. The molecule has 4 nitrogen and oxygen atoms in total. The Bertz CT molecular complexity index is 591. The third kappa shape index (κ3) is 5.49. The number of nitrogens with zero attached hydrogens (tertiary/aromatic N) is 2. The second-order valence-corrected chi connectivity index (χ2v) is 8.10. The van der Waals surface area contributed by atoms with Crippen LogP contribution in [0, 0.1) is 23.2 Å². The summed E-state index contributed by atoms with van der Waals surface area (Å²) >= 11 is 0. The predicted molar refractivity (Wildman–Crippen MR) is 85.0 cm³/mol. The molecule has 21 heavy (non-hydrogen) atoms. The van der Waals surface area contributed by atoms with Crippen LogP contribution in [0.25, 0.3) is 0 Å². The van der Waals surface area contributed by atoms with Gasteiger partial charge in [-0.15, -0.1) is 0 Å². The molecule has 0 aromatic heterocycles. The molecule has 0 radical (unpaired) electrons. The minimum atomic E-state index is -3.42. The zero-order valence-electron chi connectivity index (χ0n) is 13.2. The Morgan fingerprint density at radius 2 is 1.62 bits per heavy atom. The van der Waals surface area contributed by atoms with Gasteiger partial charge in [0.2, 0.25) is 10.0 Å². The summed E-state index contributed by atoms with van der Waals surface area (Å²) in [7, 11) is -3.42. The van der Waals surface area contributed by atoms with Gasteiger partial charge in [-0.05, 0) is 23.5 Å². The van der Waals surface area contributed by atoms with Crippen LogP contribution in [-0.4, -0.2) is 25.8 Å². The molecule has 0 aliphatic carbocycles. The lowest BCUT2D eigenvalue weighted by Crippen LogP contribution is -2.37. The van der Waals surface area contributed by atoms with Crippen LogP contribution in [0.5, 0.6) is 0 Å². The third-order valence-electron chi connectivity index (χ3n) is 3.01. The first-order valence-corrected chi connectivity index (χ1v) is 8.83. The highest BCUT2D eigenvalue weighted by Gasteiger charge is 2.25. The zero-order chi connectivity index (χ0) is 16.0. The number of nitriles is 1. The molecule has 116 valence electrons. The van der Waals surface area contributed by atoms with Gasteiger partial charge in [0.1, 0.15) is 0 Å². The van der Waals surface area contributed by atoms with Crippen LogP contribution >= 0.6 is 0 Å². The fraction of sp³-hybridized carbons (Fsp3) is 0.562. The molecule has 0 aliphatic heterocycles. The minimum absolute atomic E-state index is 0.115. The lowest BCUT2D eigenvalue weighted by molar-refractivity contribution is 0.333. The van der Waals surface area contributed by atoms with E-state index in [1.807, 2.05) is 27.7 Å². The molecule has 0 N–H and O–H groups in total. The highest BCUT2D eigenvalue weighted by atomic mass is 32.2. The summed E-state index contributed by atoms with van der Waals surface area (Å²) < 4.78 is 26.9. The van der Waals surface area contributed by atoms with E-state index < -0.39 is 10.0 Å². The van der Waals surface area contributed by atoms with Gasteiger partial charge in [0.05, 0.1) is 17.4 Å². The molecule has 5 heteroatoms. The van der Waals surface area contributed by atoms with E-state index >= 15 is 0 Å². The van der Waals surface area contributed by atoms with E-state index in [1.165, 1.54) is 0 Å². The summed E-state index contributed by atoms with van der Waals surface area (Å²) in [4.78, 5) is 0. The highest BCUT2D eigenvalue weighted by Crippen LogP contribution is 2.17. The van der Waals surface area contributed by atoms with E-state index in [4.69, 9.17) is 5.26 Å². The molecular formula is C16H24N2O2S. The van der Waals surface area contributed by atoms with Gasteiger partial charge in [0.25, 0.3) is 0 Å². The molecule has 0 saturated heterocycles. The first-order valence-electron chi connectivity index (χ1n) is 7.22. The van der Waals surface area contributed by atoms with Crippen molar-refractivity contribution in [2.24, 2.45) is 11.8 Å². The van der Waals surface area contributed by atoms with Crippen molar-refractivity contribution in [3.05, 3.63) is 35.4 Å². The Hall–Kier alpha value is -1.38. The highest BCUT2D eigenvalue weighted by molar-refractivity contribution is 7.88. The molecule has 0 fully saturated rings. The number of rotatable bonds is 7. The summed E-state index contributed by atoms with van der Waals surface area (Å²) in [6.45, 7) is 9.04. The maximum absolute atomic E-state index is 12.7. The summed E-state index contributed by atoms with van der Waals surface area (Å²) in [5.74, 6) is 0.422. The standard InChI is InChI=1S/C16H24N2O2S/c1-13(2)10-18(11-14(3)4)21(19,20)12-16-8-6-5-7-15(16)9-17/h5-8,13-14H,10-12H2,1-4H3. The second kappa shape index (κ2) is 7.58.